The summed E-state index contributed by atoms with van der Waals surface area (Å²) >= 11 is 0. The van der Waals surface area contributed by atoms with Gasteiger partial charge in [0.25, 0.3) is 0 Å². The van der Waals surface area contributed by atoms with E-state index in [1.807, 2.05) is 55.6 Å². The van der Waals surface area contributed by atoms with E-state index in [0.29, 0.717) is 13.2 Å². The lowest BCUT2D eigenvalue weighted by atomic mass is 10.2. The fourth-order valence-electron chi connectivity index (χ4n) is 2.07. The van der Waals surface area contributed by atoms with E-state index in [4.69, 9.17) is 15.2 Å². The average molecular weight is 286 g/mol. The number of anilines is 1. The Morgan fingerprint density at radius 3 is 2.43 bits per heavy atom. The molecule has 0 aromatic heterocycles. The number of nitrogens with two attached hydrogens (primary N) is 1. The van der Waals surface area contributed by atoms with Crippen LogP contribution in [-0.2, 0) is 6.54 Å². The summed E-state index contributed by atoms with van der Waals surface area (Å²) in [7, 11) is 3.71. The average Bonchev–Trinajstić information content (AvgIpc) is 2.55. The van der Waals surface area contributed by atoms with Crippen molar-refractivity contribution in [2.45, 2.75) is 6.54 Å². The molecule has 0 aliphatic rings. The third-order valence-electron chi connectivity index (χ3n) is 3.39. The van der Waals surface area contributed by atoms with Gasteiger partial charge in [0.1, 0.15) is 18.1 Å². The van der Waals surface area contributed by atoms with E-state index < -0.39 is 0 Å². The lowest BCUT2D eigenvalue weighted by molar-refractivity contribution is 0.322. The van der Waals surface area contributed by atoms with Gasteiger partial charge < -0.3 is 20.1 Å². The van der Waals surface area contributed by atoms with Crippen molar-refractivity contribution in [1.82, 2.24) is 0 Å². The zero-order chi connectivity index (χ0) is 15.1. The molecule has 2 aromatic carbocycles. The van der Waals surface area contributed by atoms with Crippen LogP contribution in [0.4, 0.5) is 5.69 Å². The first-order chi connectivity index (χ1) is 10.2. The topological polar surface area (TPSA) is 47.7 Å². The molecule has 112 valence electrons. The Hall–Kier alpha value is -2.20. The highest BCUT2D eigenvalue weighted by Gasteiger charge is 2.04. The second-order valence-corrected chi connectivity index (χ2v) is 4.78. The molecule has 0 aliphatic heterocycles. The van der Waals surface area contributed by atoms with E-state index in [-0.39, 0.29) is 0 Å². The monoisotopic (exact) mass is 286 g/mol. The predicted octanol–water partition coefficient (Wildman–Crippen LogP) is 2.67. The van der Waals surface area contributed by atoms with Crippen LogP contribution in [0.5, 0.6) is 11.5 Å². The number of para-hydroxylation sites is 1. The van der Waals surface area contributed by atoms with Crippen LogP contribution < -0.4 is 20.1 Å². The van der Waals surface area contributed by atoms with E-state index in [0.717, 1.165) is 29.3 Å². The predicted molar refractivity (Wildman–Crippen MR) is 86.1 cm³/mol. The standard InChI is InChI=1S/C17H22N2O2/c1-19(15-7-9-16(20-2)10-8-15)11-12-21-17-6-4-3-5-14(17)13-18/h3-10H,11-13,18H2,1-2H3. The van der Waals surface area contributed by atoms with Gasteiger partial charge in [-0.1, -0.05) is 18.2 Å². The van der Waals surface area contributed by atoms with Gasteiger partial charge in [0.15, 0.2) is 0 Å². The van der Waals surface area contributed by atoms with Crippen LogP contribution >= 0.6 is 0 Å². The maximum absolute atomic E-state index is 5.82. The van der Waals surface area contributed by atoms with Crippen molar-refractivity contribution in [1.29, 1.82) is 0 Å². The fraction of sp³-hybridized carbons (Fsp3) is 0.294. The van der Waals surface area contributed by atoms with Crippen LogP contribution in [0, 0.1) is 0 Å². The minimum absolute atomic E-state index is 0.491. The molecular formula is C17H22N2O2. The maximum Gasteiger partial charge on any atom is 0.123 e. The highest BCUT2D eigenvalue weighted by atomic mass is 16.5. The second kappa shape index (κ2) is 7.55. The molecular weight excluding hydrogens is 264 g/mol. The molecule has 2 aromatic rings. The van der Waals surface area contributed by atoms with E-state index >= 15 is 0 Å². The lowest BCUT2D eigenvalue weighted by Crippen LogP contribution is -2.23. The molecule has 0 heterocycles. The lowest BCUT2D eigenvalue weighted by Gasteiger charge is -2.20. The molecule has 0 spiro atoms. The zero-order valence-electron chi connectivity index (χ0n) is 12.6. The summed E-state index contributed by atoms with van der Waals surface area (Å²) in [5, 5.41) is 0. The number of methoxy groups -OCH3 is 1. The van der Waals surface area contributed by atoms with Crippen molar-refractivity contribution in [2.75, 3.05) is 32.2 Å². The number of likely N-dealkylation sites (N-methyl/N-ethyl adjacent to an activating group) is 1. The van der Waals surface area contributed by atoms with Gasteiger partial charge in [0.2, 0.25) is 0 Å². The summed E-state index contributed by atoms with van der Waals surface area (Å²) in [6.07, 6.45) is 0. The zero-order valence-corrected chi connectivity index (χ0v) is 12.6. The van der Waals surface area contributed by atoms with Crippen LogP contribution in [0.3, 0.4) is 0 Å². The van der Waals surface area contributed by atoms with Gasteiger partial charge in [-0.2, -0.15) is 0 Å². The molecule has 0 fully saturated rings. The van der Waals surface area contributed by atoms with Crippen molar-refractivity contribution in [3.8, 4) is 11.5 Å². The molecule has 4 nitrogen and oxygen atoms in total. The van der Waals surface area contributed by atoms with Gasteiger partial charge in [-0.15, -0.1) is 0 Å². The Bertz CT molecular complexity index is 555. The van der Waals surface area contributed by atoms with Crippen molar-refractivity contribution < 1.29 is 9.47 Å². The first-order valence-corrected chi connectivity index (χ1v) is 7.00. The molecule has 0 saturated heterocycles. The first-order valence-electron chi connectivity index (χ1n) is 7.00. The maximum atomic E-state index is 5.82. The Morgan fingerprint density at radius 1 is 1.05 bits per heavy atom. The van der Waals surface area contributed by atoms with E-state index in [1.54, 1.807) is 7.11 Å². The summed E-state index contributed by atoms with van der Waals surface area (Å²) < 4.78 is 11.0. The van der Waals surface area contributed by atoms with Gasteiger partial charge in [0, 0.05) is 24.8 Å². The number of nitrogens with zero attached hydrogens (tertiary/aromatic N) is 1. The third kappa shape index (κ3) is 4.13. The smallest absolute Gasteiger partial charge is 0.123 e. The largest absolute Gasteiger partial charge is 0.497 e. The number of ether oxygens (including phenoxy) is 2. The molecule has 2 rings (SSSR count). The van der Waals surface area contributed by atoms with Crippen LogP contribution in [0.25, 0.3) is 0 Å². The highest BCUT2D eigenvalue weighted by Crippen LogP contribution is 2.19. The number of benzene rings is 2. The summed E-state index contributed by atoms with van der Waals surface area (Å²) in [6.45, 7) is 1.90. The molecule has 2 N–H and O–H groups in total. The Kier molecular flexibility index (Phi) is 5.46. The Morgan fingerprint density at radius 2 is 1.76 bits per heavy atom. The second-order valence-electron chi connectivity index (χ2n) is 4.78. The summed E-state index contributed by atoms with van der Waals surface area (Å²) in [4.78, 5) is 2.14. The van der Waals surface area contributed by atoms with Gasteiger partial charge >= 0.3 is 0 Å². The van der Waals surface area contributed by atoms with Gasteiger partial charge in [-0.05, 0) is 30.3 Å². The quantitative estimate of drug-likeness (QED) is 0.850. The van der Waals surface area contributed by atoms with Crippen molar-refractivity contribution in [3.63, 3.8) is 0 Å². The molecule has 0 unspecified atom stereocenters. The van der Waals surface area contributed by atoms with Crippen molar-refractivity contribution in [3.05, 3.63) is 54.1 Å². The number of hydrogen-bond donors (Lipinski definition) is 1. The van der Waals surface area contributed by atoms with E-state index in [2.05, 4.69) is 4.90 Å². The highest BCUT2D eigenvalue weighted by molar-refractivity contribution is 5.48. The summed E-state index contributed by atoms with van der Waals surface area (Å²) in [6, 6.07) is 15.9. The van der Waals surface area contributed by atoms with Crippen molar-refractivity contribution in [2.24, 2.45) is 5.73 Å². The van der Waals surface area contributed by atoms with Crippen LogP contribution in [0.2, 0.25) is 0 Å². The first kappa shape index (κ1) is 15.2. The fourth-order valence-corrected chi connectivity index (χ4v) is 2.07. The molecule has 4 heteroatoms. The summed E-state index contributed by atoms with van der Waals surface area (Å²) in [5.74, 6) is 1.73. The number of rotatable bonds is 7. The van der Waals surface area contributed by atoms with E-state index in [1.165, 1.54) is 0 Å². The normalized spacial score (nSPS) is 10.2. The Balaban J connectivity index is 1.87. The Labute approximate surface area is 126 Å². The third-order valence-corrected chi connectivity index (χ3v) is 3.39. The van der Waals surface area contributed by atoms with Crippen molar-refractivity contribution >= 4 is 5.69 Å². The van der Waals surface area contributed by atoms with Crippen LogP contribution in [-0.4, -0.2) is 27.3 Å². The molecule has 21 heavy (non-hydrogen) atoms. The SMILES string of the molecule is COc1ccc(N(C)CCOc2ccccc2CN)cc1. The minimum Gasteiger partial charge on any atom is -0.497 e. The summed E-state index contributed by atoms with van der Waals surface area (Å²) in [5.41, 5.74) is 7.86. The molecule has 0 saturated carbocycles. The van der Waals surface area contributed by atoms with Gasteiger partial charge in [-0.25, -0.2) is 0 Å². The van der Waals surface area contributed by atoms with E-state index in [9.17, 15) is 0 Å². The molecule has 0 atom stereocenters. The molecule has 0 radical (unpaired) electrons. The van der Waals surface area contributed by atoms with Crippen LogP contribution in [0.15, 0.2) is 48.5 Å². The molecule has 0 amide bonds. The number of hydrogen-bond acceptors (Lipinski definition) is 4. The molecule has 0 aliphatic carbocycles. The van der Waals surface area contributed by atoms with Gasteiger partial charge in [-0.3, -0.25) is 0 Å². The van der Waals surface area contributed by atoms with Crippen LogP contribution in [0.1, 0.15) is 5.56 Å². The molecule has 0 bridgehead atoms. The minimum atomic E-state index is 0.491. The van der Waals surface area contributed by atoms with Gasteiger partial charge in [0.05, 0.1) is 13.7 Å².